The van der Waals surface area contributed by atoms with E-state index < -0.39 is 6.10 Å². The maximum absolute atomic E-state index is 10.3. The summed E-state index contributed by atoms with van der Waals surface area (Å²) >= 11 is 3.33. The van der Waals surface area contributed by atoms with Gasteiger partial charge in [-0.25, -0.2) is 4.68 Å². The van der Waals surface area contributed by atoms with Crippen LogP contribution in [0.15, 0.2) is 4.60 Å². The van der Waals surface area contributed by atoms with Crippen molar-refractivity contribution in [1.82, 2.24) is 15.0 Å². The predicted octanol–water partition coefficient (Wildman–Crippen LogP) is 2.19. The maximum Gasteiger partial charge on any atom is 0.154 e. The van der Waals surface area contributed by atoms with Crippen LogP contribution >= 0.6 is 15.9 Å². The van der Waals surface area contributed by atoms with Crippen LogP contribution in [0.25, 0.3) is 0 Å². The standard InChI is InChI=1S/C10H16BrN3O/c1-14-8(10(11)12-13-14)9(15)7-5-3-2-4-6-7/h7,9,15H,2-6H2,1H3. The van der Waals surface area contributed by atoms with Gasteiger partial charge in [0.2, 0.25) is 0 Å². The lowest BCUT2D eigenvalue weighted by Gasteiger charge is -2.26. The molecule has 1 atom stereocenters. The van der Waals surface area contributed by atoms with E-state index >= 15 is 0 Å². The summed E-state index contributed by atoms with van der Waals surface area (Å²) < 4.78 is 2.33. The molecule has 1 aromatic rings. The Labute approximate surface area is 97.8 Å². The molecule has 2 rings (SSSR count). The Bertz CT molecular complexity index is 314. The first-order valence-electron chi connectivity index (χ1n) is 5.43. The quantitative estimate of drug-likeness (QED) is 0.899. The highest BCUT2D eigenvalue weighted by Crippen LogP contribution is 2.35. The summed E-state index contributed by atoms with van der Waals surface area (Å²) in [7, 11) is 1.82. The Hall–Kier alpha value is -0.420. The number of aryl methyl sites for hydroxylation is 1. The number of nitrogens with zero attached hydrogens (tertiary/aromatic N) is 3. The Morgan fingerprint density at radius 1 is 1.40 bits per heavy atom. The van der Waals surface area contributed by atoms with Gasteiger partial charge in [0.05, 0.1) is 0 Å². The zero-order chi connectivity index (χ0) is 10.8. The van der Waals surface area contributed by atoms with Crippen LogP contribution in [0.5, 0.6) is 0 Å². The molecule has 0 aromatic carbocycles. The molecule has 0 amide bonds. The summed E-state index contributed by atoms with van der Waals surface area (Å²) in [6, 6.07) is 0. The Balaban J connectivity index is 2.15. The number of aliphatic hydroxyl groups excluding tert-OH is 1. The maximum atomic E-state index is 10.3. The summed E-state index contributed by atoms with van der Waals surface area (Å²) in [6.45, 7) is 0. The van der Waals surface area contributed by atoms with Crippen molar-refractivity contribution in [1.29, 1.82) is 0 Å². The number of aliphatic hydroxyl groups is 1. The first kappa shape index (κ1) is 11.1. The van der Waals surface area contributed by atoms with Crippen LogP contribution in [0.1, 0.15) is 43.9 Å². The molecule has 1 aromatic heterocycles. The van der Waals surface area contributed by atoms with Gasteiger partial charge < -0.3 is 5.11 Å². The van der Waals surface area contributed by atoms with Crippen molar-refractivity contribution in [3.05, 3.63) is 10.3 Å². The Morgan fingerprint density at radius 2 is 2.07 bits per heavy atom. The Kier molecular flexibility index (Phi) is 3.41. The highest BCUT2D eigenvalue weighted by molar-refractivity contribution is 9.10. The second-order valence-electron chi connectivity index (χ2n) is 4.23. The van der Waals surface area contributed by atoms with Gasteiger partial charge in [0.15, 0.2) is 4.60 Å². The predicted molar refractivity (Wildman–Crippen MR) is 60.2 cm³/mol. The number of halogens is 1. The molecular formula is C10H16BrN3O. The average molecular weight is 274 g/mol. The molecule has 1 unspecified atom stereocenters. The van der Waals surface area contributed by atoms with E-state index in [1.807, 2.05) is 7.05 Å². The minimum Gasteiger partial charge on any atom is -0.386 e. The van der Waals surface area contributed by atoms with Gasteiger partial charge in [0.25, 0.3) is 0 Å². The van der Waals surface area contributed by atoms with E-state index in [0.717, 1.165) is 18.5 Å². The van der Waals surface area contributed by atoms with Crippen molar-refractivity contribution >= 4 is 15.9 Å². The fraction of sp³-hybridized carbons (Fsp3) is 0.800. The monoisotopic (exact) mass is 273 g/mol. The summed E-state index contributed by atoms with van der Waals surface area (Å²) in [5, 5.41) is 18.1. The fourth-order valence-corrected chi connectivity index (χ4v) is 2.89. The van der Waals surface area contributed by atoms with Crippen molar-refractivity contribution in [2.75, 3.05) is 0 Å². The molecule has 84 valence electrons. The molecule has 0 saturated heterocycles. The highest BCUT2D eigenvalue weighted by Gasteiger charge is 2.27. The lowest BCUT2D eigenvalue weighted by atomic mass is 9.84. The van der Waals surface area contributed by atoms with Crippen LogP contribution < -0.4 is 0 Å². The third kappa shape index (κ3) is 2.23. The van der Waals surface area contributed by atoms with Gasteiger partial charge in [0, 0.05) is 7.05 Å². The first-order valence-corrected chi connectivity index (χ1v) is 6.22. The van der Waals surface area contributed by atoms with Crippen LogP contribution in [0.3, 0.4) is 0 Å². The average Bonchev–Trinajstić information content (AvgIpc) is 2.59. The van der Waals surface area contributed by atoms with Crippen molar-refractivity contribution in [2.45, 2.75) is 38.2 Å². The molecule has 1 N–H and O–H groups in total. The number of aromatic nitrogens is 3. The van der Waals surface area contributed by atoms with Crippen molar-refractivity contribution < 1.29 is 5.11 Å². The number of rotatable bonds is 2. The molecule has 1 aliphatic rings. The van der Waals surface area contributed by atoms with E-state index in [-0.39, 0.29) is 0 Å². The summed E-state index contributed by atoms with van der Waals surface area (Å²) in [6.07, 6.45) is 5.54. The van der Waals surface area contributed by atoms with Crippen molar-refractivity contribution in [2.24, 2.45) is 13.0 Å². The van der Waals surface area contributed by atoms with Gasteiger partial charge in [-0.15, -0.1) is 5.10 Å². The number of hydrogen-bond donors (Lipinski definition) is 1. The van der Waals surface area contributed by atoms with E-state index in [1.165, 1.54) is 19.3 Å². The molecule has 0 spiro atoms. The Morgan fingerprint density at radius 3 is 2.60 bits per heavy atom. The van der Waals surface area contributed by atoms with E-state index in [0.29, 0.717) is 10.5 Å². The molecule has 0 bridgehead atoms. The minimum absolute atomic E-state index is 0.368. The van der Waals surface area contributed by atoms with Gasteiger partial charge in [-0.2, -0.15) is 0 Å². The van der Waals surface area contributed by atoms with Crippen LogP contribution in [-0.4, -0.2) is 20.1 Å². The van der Waals surface area contributed by atoms with Gasteiger partial charge >= 0.3 is 0 Å². The molecule has 1 heterocycles. The smallest absolute Gasteiger partial charge is 0.154 e. The topological polar surface area (TPSA) is 50.9 Å². The van der Waals surface area contributed by atoms with Crippen LogP contribution in [-0.2, 0) is 7.05 Å². The number of hydrogen-bond acceptors (Lipinski definition) is 3. The van der Waals surface area contributed by atoms with E-state index in [1.54, 1.807) is 4.68 Å². The molecule has 1 saturated carbocycles. The molecule has 1 aliphatic carbocycles. The molecule has 1 fully saturated rings. The van der Waals surface area contributed by atoms with Gasteiger partial charge in [-0.3, -0.25) is 0 Å². The van der Waals surface area contributed by atoms with Crippen LogP contribution in [0.4, 0.5) is 0 Å². The van der Waals surface area contributed by atoms with Gasteiger partial charge in [-0.05, 0) is 34.7 Å². The van der Waals surface area contributed by atoms with Crippen molar-refractivity contribution in [3.8, 4) is 0 Å². The van der Waals surface area contributed by atoms with Crippen molar-refractivity contribution in [3.63, 3.8) is 0 Å². The normalized spacial score (nSPS) is 20.5. The summed E-state index contributed by atoms with van der Waals surface area (Å²) in [4.78, 5) is 0. The molecule has 4 nitrogen and oxygen atoms in total. The van der Waals surface area contributed by atoms with E-state index in [2.05, 4.69) is 26.2 Å². The minimum atomic E-state index is -0.431. The van der Waals surface area contributed by atoms with Crippen LogP contribution in [0, 0.1) is 5.92 Å². The van der Waals surface area contributed by atoms with Gasteiger partial charge in [-0.1, -0.05) is 24.5 Å². The molecule has 0 radical (unpaired) electrons. The van der Waals surface area contributed by atoms with Gasteiger partial charge in [0.1, 0.15) is 11.8 Å². The second kappa shape index (κ2) is 4.61. The van der Waals surface area contributed by atoms with E-state index in [9.17, 15) is 5.11 Å². The third-order valence-electron chi connectivity index (χ3n) is 3.20. The van der Waals surface area contributed by atoms with Crippen LogP contribution in [0.2, 0.25) is 0 Å². The third-order valence-corrected chi connectivity index (χ3v) is 3.77. The fourth-order valence-electron chi connectivity index (χ4n) is 2.33. The lowest BCUT2D eigenvalue weighted by Crippen LogP contribution is -2.18. The lowest BCUT2D eigenvalue weighted by molar-refractivity contribution is 0.0771. The zero-order valence-corrected chi connectivity index (χ0v) is 10.4. The molecule has 5 heteroatoms. The molecule has 15 heavy (non-hydrogen) atoms. The SMILES string of the molecule is Cn1nnc(Br)c1C(O)C1CCCCC1. The zero-order valence-electron chi connectivity index (χ0n) is 8.86. The largest absolute Gasteiger partial charge is 0.386 e. The molecule has 0 aliphatic heterocycles. The first-order chi connectivity index (χ1) is 7.20. The second-order valence-corrected chi connectivity index (χ2v) is 4.98. The summed E-state index contributed by atoms with van der Waals surface area (Å²) in [5.74, 6) is 0.368. The van der Waals surface area contributed by atoms with E-state index in [4.69, 9.17) is 0 Å². The summed E-state index contributed by atoms with van der Waals surface area (Å²) in [5.41, 5.74) is 0.807. The molecular weight excluding hydrogens is 258 g/mol. The highest BCUT2D eigenvalue weighted by atomic mass is 79.9.